The van der Waals surface area contributed by atoms with E-state index in [1.807, 2.05) is 0 Å². The zero-order chi connectivity index (χ0) is 31.8. The Morgan fingerprint density at radius 2 is 1.21 bits per heavy atom. The molecule has 0 radical (unpaired) electrons. The third-order valence-electron chi connectivity index (χ3n) is 11.9. The summed E-state index contributed by atoms with van der Waals surface area (Å²) in [5.74, 6) is 2.90. The van der Waals surface area contributed by atoms with E-state index in [1.54, 1.807) is 11.1 Å². The van der Waals surface area contributed by atoms with Crippen molar-refractivity contribution in [3.8, 4) is 16.8 Å². The number of hydrogen-bond acceptors (Lipinski definition) is 1. The lowest BCUT2D eigenvalue weighted by Crippen LogP contribution is -2.27. The van der Waals surface area contributed by atoms with Gasteiger partial charge in [-0.3, -0.25) is 0 Å². The second-order valence-electron chi connectivity index (χ2n) is 14.4. The predicted molar refractivity (Wildman–Crippen MR) is 201 cm³/mol. The molecule has 2 fully saturated rings. The molecule has 48 heavy (non-hydrogen) atoms. The van der Waals surface area contributed by atoms with E-state index >= 15 is 0 Å². The number of nitrogens with zero attached hydrogens (tertiary/aromatic N) is 2. The van der Waals surface area contributed by atoms with Crippen LogP contribution in [-0.4, -0.2) is 4.57 Å². The van der Waals surface area contributed by atoms with Crippen molar-refractivity contribution in [3.05, 3.63) is 157 Å². The molecule has 7 aromatic rings. The topological polar surface area (TPSA) is 8.17 Å². The van der Waals surface area contributed by atoms with Gasteiger partial charge in [0, 0.05) is 38.9 Å². The van der Waals surface area contributed by atoms with Gasteiger partial charge >= 0.3 is 0 Å². The minimum atomic E-state index is 0.0960. The second kappa shape index (κ2) is 10.7. The van der Waals surface area contributed by atoms with Crippen LogP contribution in [0.25, 0.3) is 38.6 Å². The van der Waals surface area contributed by atoms with Gasteiger partial charge in [-0.2, -0.15) is 0 Å². The van der Waals surface area contributed by atoms with E-state index in [0.717, 1.165) is 17.8 Å². The van der Waals surface area contributed by atoms with Crippen LogP contribution in [0.2, 0.25) is 0 Å². The van der Waals surface area contributed by atoms with E-state index in [9.17, 15) is 0 Å². The lowest BCUT2D eigenvalue weighted by Gasteiger charge is -2.35. The van der Waals surface area contributed by atoms with Crippen LogP contribution in [0.5, 0.6) is 0 Å². The fourth-order valence-electron chi connectivity index (χ4n) is 9.25. The highest BCUT2D eigenvalue weighted by atomic mass is 15.1. The minimum Gasteiger partial charge on any atom is -0.310 e. The minimum absolute atomic E-state index is 0.0960. The Morgan fingerprint density at radius 1 is 0.604 bits per heavy atom. The first-order valence-corrected chi connectivity index (χ1v) is 17.9. The van der Waals surface area contributed by atoms with Gasteiger partial charge in [0.25, 0.3) is 0 Å². The second-order valence-corrected chi connectivity index (χ2v) is 14.4. The summed E-state index contributed by atoms with van der Waals surface area (Å²) in [4.78, 5) is 2.46. The highest BCUT2D eigenvalue weighted by Gasteiger charge is 2.65. The molecule has 0 spiro atoms. The molecule has 2 nitrogen and oxygen atoms in total. The van der Waals surface area contributed by atoms with Gasteiger partial charge in [-0.15, -0.1) is 0 Å². The van der Waals surface area contributed by atoms with Crippen LogP contribution in [0.3, 0.4) is 0 Å². The van der Waals surface area contributed by atoms with Gasteiger partial charge in [0.1, 0.15) is 0 Å². The standard InChI is InChI=1S/C46H40N2/c1-2-3-27-46(30-41-39-29-40(39)41)42-18-10-7-15-35(42)36-26-25-34(28-43(36)46)47(31-13-5-4-6-14-31)32-21-23-33(24-22-32)48-44-19-11-8-16-37(44)38-17-9-12-20-45(38)48/h4-26,28,39-41H,2-3,27,29-30H2,1H3. The van der Waals surface area contributed by atoms with Crippen molar-refractivity contribution in [3.63, 3.8) is 0 Å². The normalized spacial score (nSPS) is 21.6. The summed E-state index contributed by atoms with van der Waals surface area (Å²) in [5.41, 5.74) is 13.3. The van der Waals surface area contributed by atoms with E-state index < -0.39 is 0 Å². The highest BCUT2D eigenvalue weighted by molar-refractivity contribution is 6.09. The van der Waals surface area contributed by atoms with E-state index in [4.69, 9.17) is 0 Å². The molecule has 1 aromatic heterocycles. The SMILES string of the molecule is CCCCC1(CC2C3CC32)c2ccccc2-c2ccc(N(c3ccccc3)c3ccc(-n4c5ccccc5c5ccccc54)cc3)cc21. The van der Waals surface area contributed by atoms with E-state index in [-0.39, 0.29) is 5.41 Å². The molecule has 1 heterocycles. The Hall–Kier alpha value is -5.08. The molecule has 0 bridgehead atoms. The zero-order valence-electron chi connectivity index (χ0n) is 27.5. The maximum absolute atomic E-state index is 2.56. The largest absolute Gasteiger partial charge is 0.310 e. The Labute approximate surface area is 283 Å². The monoisotopic (exact) mass is 620 g/mol. The number of unbranched alkanes of at least 4 members (excludes halogenated alkanes) is 1. The van der Waals surface area contributed by atoms with Gasteiger partial charge in [-0.1, -0.05) is 105 Å². The fraction of sp³-hybridized carbons (Fsp3) is 0.217. The zero-order valence-corrected chi connectivity index (χ0v) is 27.5. The molecule has 0 amide bonds. The third-order valence-corrected chi connectivity index (χ3v) is 11.9. The van der Waals surface area contributed by atoms with Crippen LogP contribution in [0, 0.1) is 17.8 Å². The Kier molecular flexibility index (Phi) is 6.25. The van der Waals surface area contributed by atoms with Gasteiger partial charge in [-0.05, 0) is 120 Å². The van der Waals surface area contributed by atoms with E-state index in [1.165, 1.54) is 87.8 Å². The number of benzene rings is 6. The molecule has 6 aromatic carbocycles. The summed E-state index contributed by atoms with van der Waals surface area (Å²) >= 11 is 0. The van der Waals surface area contributed by atoms with Crippen LogP contribution in [-0.2, 0) is 5.41 Å². The van der Waals surface area contributed by atoms with E-state index in [2.05, 4.69) is 162 Å². The van der Waals surface area contributed by atoms with Crippen molar-refractivity contribution in [2.45, 2.75) is 44.4 Å². The van der Waals surface area contributed by atoms with Crippen molar-refractivity contribution < 1.29 is 0 Å². The summed E-state index contributed by atoms with van der Waals surface area (Å²) < 4.78 is 2.40. The Morgan fingerprint density at radius 3 is 1.90 bits per heavy atom. The smallest absolute Gasteiger partial charge is 0.0541 e. The molecule has 234 valence electrons. The average Bonchev–Trinajstić information content (AvgIpc) is 4.03. The number of fused-ring (bicyclic) bond motifs is 7. The maximum atomic E-state index is 2.56. The average molecular weight is 621 g/mol. The van der Waals surface area contributed by atoms with E-state index in [0.29, 0.717) is 0 Å². The molecule has 3 aliphatic carbocycles. The highest BCUT2D eigenvalue weighted by Crippen LogP contribution is 2.73. The lowest BCUT2D eigenvalue weighted by atomic mass is 9.69. The molecular formula is C46H40N2. The summed E-state index contributed by atoms with van der Waals surface area (Å²) in [6.07, 6.45) is 6.48. The van der Waals surface area contributed by atoms with Crippen molar-refractivity contribution in [2.24, 2.45) is 17.8 Å². The number of rotatable bonds is 9. The number of hydrogen-bond donors (Lipinski definition) is 0. The first-order valence-electron chi connectivity index (χ1n) is 17.9. The number of aromatic nitrogens is 1. The first-order chi connectivity index (χ1) is 23.7. The van der Waals surface area contributed by atoms with Crippen molar-refractivity contribution in [2.75, 3.05) is 4.90 Å². The molecule has 0 saturated heterocycles. The number of para-hydroxylation sites is 3. The molecule has 3 atom stereocenters. The van der Waals surface area contributed by atoms with Gasteiger partial charge in [-0.25, -0.2) is 0 Å². The number of anilines is 3. The molecule has 2 saturated carbocycles. The van der Waals surface area contributed by atoms with Gasteiger partial charge in [0.05, 0.1) is 11.0 Å². The summed E-state index contributed by atoms with van der Waals surface area (Å²) in [5, 5.41) is 2.58. The third kappa shape index (κ3) is 4.18. The molecule has 3 aliphatic rings. The molecule has 10 rings (SSSR count). The quantitative estimate of drug-likeness (QED) is 0.156. The maximum Gasteiger partial charge on any atom is 0.0541 e. The van der Waals surface area contributed by atoms with Crippen LogP contribution in [0.1, 0.15) is 50.2 Å². The van der Waals surface area contributed by atoms with Crippen LogP contribution in [0.15, 0.2) is 146 Å². The van der Waals surface area contributed by atoms with Crippen molar-refractivity contribution in [1.82, 2.24) is 4.57 Å². The fourth-order valence-corrected chi connectivity index (χ4v) is 9.25. The Balaban J connectivity index is 1.11. The van der Waals surface area contributed by atoms with Crippen LogP contribution >= 0.6 is 0 Å². The molecule has 0 N–H and O–H groups in total. The van der Waals surface area contributed by atoms with Crippen LogP contribution < -0.4 is 4.90 Å². The van der Waals surface area contributed by atoms with Gasteiger partial charge < -0.3 is 9.47 Å². The predicted octanol–water partition coefficient (Wildman–Crippen LogP) is 12.4. The molecular weight excluding hydrogens is 581 g/mol. The summed E-state index contributed by atoms with van der Waals surface area (Å²) in [6, 6.07) is 54.3. The summed E-state index contributed by atoms with van der Waals surface area (Å²) in [6.45, 7) is 2.35. The van der Waals surface area contributed by atoms with Gasteiger partial charge in [0.2, 0.25) is 0 Å². The van der Waals surface area contributed by atoms with Crippen molar-refractivity contribution >= 4 is 38.9 Å². The molecule has 3 unspecified atom stereocenters. The molecule has 0 aliphatic heterocycles. The van der Waals surface area contributed by atoms with Gasteiger partial charge in [0.15, 0.2) is 0 Å². The molecule has 2 heteroatoms. The first kappa shape index (κ1) is 28.0. The Bertz CT molecular complexity index is 2250. The van der Waals surface area contributed by atoms with Crippen molar-refractivity contribution in [1.29, 1.82) is 0 Å². The van der Waals surface area contributed by atoms with Crippen LogP contribution in [0.4, 0.5) is 17.1 Å². The lowest BCUT2D eigenvalue weighted by molar-refractivity contribution is 0.370. The summed E-state index contributed by atoms with van der Waals surface area (Å²) in [7, 11) is 0.